The standard InChI is InChI=1S/C23H26FN3O2.ClH/c24-18-7-5-17(6-8-18)22-13-16(15-29-22)14-26-11-9-19(10-12-26)27-21-4-2-1-3-20(21)25-23(27)28;/h1-8,16,19,22H,9-15H2,(H,25,28);1H. The number of imidazole rings is 1. The van der Waals surface area contributed by atoms with Crippen molar-refractivity contribution in [3.05, 3.63) is 70.4 Å². The molecule has 2 aromatic carbocycles. The highest BCUT2D eigenvalue weighted by Gasteiger charge is 2.30. The zero-order chi connectivity index (χ0) is 19.8. The van der Waals surface area contributed by atoms with Crippen molar-refractivity contribution in [2.24, 2.45) is 5.92 Å². The van der Waals surface area contributed by atoms with Gasteiger partial charge < -0.3 is 14.6 Å². The first kappa shape index (κ1) is 21.1. The number of aromatic amines is 1. The summed E-state index contributed by atoms with van der Waals surface area (Å²) < 4.78 is 21.1. The second-order valence-electron chi connectivity index (χ2n) is 8.32. The van der Waals surface area contributed by atoms with Crippen molar-refractivity contribution in [2.45, 2.75) is 31.4 Å². The molecule has 0 aliphatic carbocycles. The van der Waals surface area contributed by atoms with Crippen LogP contribution >= 0.6 is 12.4 Å². The number of hydrogen-bond donors (Lipinski definition) is 1. The highest BCUT2D eigenvalue weighted by atomic mass is 35.5. The molecule has 3 heterocycles. The van der Waals surface area contributed by atoms with Gasteiger partial charge in [0.1, 0.15) is 5.82 Å². The fraction of sp³-hybridized carbons (Fsp3) is 0.435. The quantitative estimate of drug-likeness (QED) is 0.669. The topological polar surface area (TPSA) is 50.3 Å². The monoisotopic (exact) mass is 431 g/mol. The Bertz CT molecular complexity index is 1040. The molecule has 0 spiro atoms. The summed E-state index contributed by atoms with van der Waals surface area (Å²) in [5.41, 5.74) is 2.97. The minimum absolute atomic E-state index is 0. The Morgan fingerprint density at radius 3 is 2.57 bits per heavy atom. The van der Waals surface area contributed by atoms with Crippen LogP contribution in [0.2, 0.25) is 0 Å². The van der Waals surface area contributed by atoms with Crippen molar-refractivity contribution in [2.75, 3.05) is 26.2 Å². The zero-order valence-electron chi connectivity index (χ0n) is 16.8. The number of aromatic nitrogens is 2. The molecule has 0 bridgehead atoms. The molecule has 30 heavy (non-hydrogen) atoms. The van der Waals surface area contributed by atoms with Crippen LogP contribution in [0.15, 0.2) is 53.3 Å². The lowest BCUT2D eigenvalue weighted by molar-refractivity contribution is 0.100. The number of H-pyrrole nitrogens is 1. The van der Waals surface area contributed by atoms with E-state index in [0.717, 1.165) is 62.1 Å². The smallest absolute Gasteiger partial charge is 0.326 e. The van der Waals surface area contributed by atoms with Crippen LogP contribution in [-0.4, -0.2) is 40.7 Å². The van der Waals surface area contributed by atoms with Crippen molar-refractivity contribution in [3.63, 3.8) is 0 Å². The predicted molar refractivity (Wildman–Crippen MR) is 118 cm³/mol. The van der Waals surface area contributed by atoms with Crippen LogP contribution in [-0.2, 0) is 4.74 Å². The van der Waals surface area contributed by atoms with Crippen molar-refractivity contribution >= 4 is 23.4 Å². The van der Waals surface area contributed by atoms with Crippen LogP contribution < -0.4 is 5.69 Å². The van der Waals surface area contributed by atoms with E-state index in [-0.39, 0.29) is 36.1 Å². The van der Waals surface area contributed by atoms with Crippen molar-refractivity contribution in [1.29, 1.82) is 0 Å². The predicted octanol–water partition coefficient (Wildman–Crippen LogP) is 4.31. The normalized spacial score (nSPS) is 23.0. The number of fused-ring (bicyclic) bond motifs is 1. The Balaban J connectivity index is 0.00000218. The van der Waals surface area contributed by atoms with Crippen LogP contribution in [0, 0.1) is 11.7 Å². The molecule has 2 unspecified atom stereocenters. The molecule has 2 fully saturated rings. The molecule has 2 atom stereocenters. The number of hydrogen-bond acceptors (Lipinski definition) is 3. The van der Waals surface area contributed by atoms with Gasteiger partial charge in [-0.2, -0.15) is 0 Å². The van der Waals surface area contributed by atoms with Gasteiger partial charge in [-0.15, -0.1) is 12.4 Å². The molecule has 2 saturated heterocycles. The Hall–Kier alpha value is -2.15. The summed E-state index contributed by atoms with van der Waals surface area (Å²) in [7, 11) is 0. The first-order valence-corrected chi connectivity index (χ1v) is 10.5. The van der Waals surface area contributed by atoms with Crippen LogP contribution in [0.1, 0.15) is 37.0 Å². The first-order valence-electron chi connectivity index (χ1n) is 10.5. The van der Waals surface area contributed by atoms with Gasteiger partial charge in [0, 0.05) is 25.7 Å². The van der Waals surface area contributed by atoms with Gasteiger partial charge in [0.25, 0.3) is 0 Å². The summed E-state index contributed by atoms with van der Waals surface area (Å²) >= 11 is 0. The maximum absolute atomic E-state index is 13.1. The summed E-state index contributed by atoms with van der Waals surface area (Å²) in [6, 6.07) is 14.8. The van der Waals surface area contributed by atoms with E-state index >= 15 is 0 Å². The first-order chi connectivity index (χ1) is 14.2. The maximum atomic E-state index is 13.1. The van der Waals surface area contributed by atoms with Gasteiger partial charge in [-0.1, -0.05) is 24.3 Å². The second kappa shape index (κ2) is 8.92. The summed E-state index contributed by atoms with van der Waals surface area (Å²) in [6.07, 6.45) is 3.02. The van der Waals surface area contributed by atoms with E-state index in [0.29, 0.717) is 5.92 Å². The number of nitrogens with zero attached hydrogens (tertiary/aromatic N) is 2. The summed E-state index contributed by atoms with van der Waals surface area (Å²) in [5.74, 6) is 0.290. The number of rotatable bonds is 4. The van der Waals surface area contributed by atoms with Gasteiger partial charge in [0.15, 0.2) is 0 Å². The third-order valence-electron chi connectivity index (χ3n) is 6.38. The summed E-state index contributed by atoms with van der Waals surface area (Å²) in [4.78, 5) is 17.9. The number of ether oxygens (including phenoxy) is 1. The Morgan fingerprint density at radius 2 is 1.80 bits per heavy atom. The van der Waals surface area contributed by atoms with Crippen LogP contribution in [0.3, 0.4) is 0 Å². The molecular weight excluding hydrogens is 405 g/mol. The van der Waals surface area contributed by atoms with E-state index in [1.165, 1.54) is 12.1 Å². The van der Waals surface area contributed by atoms with E-state index in [1.54, 1.807) is 0 Å². The van der Waals surface area contributed by atoms with Gasteiger partial charge >= 0.3 is 5.69 Å². The van der Waals surface area contributed by atoms with Crippen LogP contribution in [0.5, 0.6) is 0 Å². The van der Waals surface area contributed by atoms with Gasteiger partial charge in [-0.25, -0.2) is 9.18 Å². The van der Waals surface area contributed by atoms with Crippen molar-refractivity contribution in [3.8, 4) is 0 Å². The Labute approximate surface area is 181 Å². The van der Waals surface area contributed by atoms with E-state index in [4.69, 9.17) is 4.74 Å². The molecule has 2 aliphatic heterocycles. The van der Waals surface area contributed by atoms with E-state index in [9.17, 15) is 9.18 Å². The number of halogens is 2. The largest absolute Gasteiger partial charge is 0.373 e. The molecule has 3 aromatic rings. The molecular formula is C23H27ClFN3O2. The molecule has 1 N–H and O–H groups in total. The minimum atomic E-state index is -0.208. The van der Waals surface area contributed by atoms with Crippen LogP contribution in [0.4, 0.5) is 4.39 Å². The lowest BCUT2D eigenvalue weighted by Crippen LogP contribution is -2.39. The summed E-state index contributed by atoms with van der Waals surface area (Å²) in [6.45, 7) is 3.76. The third-order valence-corrected chi connectivity index (χ3v) is 6.38. The Morgan fingerprint density at radius 1 is 1.07 bits per heavy atom. The number of benzene rings is 2. The average Bonchev–Trinajstić information content (AvgIpc) is 3.33. The van der Waals surface area contributed by atoms with E-state index < -0.39 is 0 Å². The summed E-state index contributed by atoms with van der Waals surface area (Å²) in [5, 5.41) is 0. The number of para-hydroxylation sites is 2. The second-order valence-corrected chi connectivity index (χ2v) is 8.32. The molecule has 1 aromatic heterocycles. The number of likely N-dealkylation sites (tertiary alicyclic amines) is 1. The van der Waals surface area contributed by atoms with E-state index in [1.807, 2.05) is 41.0 Å². The molecule has 0 saturated carbocycles. The SMILES string of the molecule is Cl.O=c1[nH]c2ccccc2n1C1CCN(CC2COC(c3ccc(F)cc3)C2)CC1. The van der Waals surface area contributed by atoms with Gasteiger partial charge in [0.05, 0.1) is 23.7 Å². The molecule has 0 radical (unpaired) electrons. The zero-order valence-corrected chi connectivity index (χ0v) is 17.6. The van der Waals surface area contributed by atoms with Crippen molar-refractivity contribution < 1.29 is 9.13 Å². The maximum Gasteiger partial charge on any atom is 0.326 e. The highest BCUT2D eigenvalue weighted by molar-refractivity contribution is 5.85. The van der Waals surface area contributed by atoms with Gasteiger partial charge in [0.2, 0.25) is 0 Å². The molecule has 160 valence electrons. The van der Waals surface area contributed by atoms with Crippen LogP contribution in [0.25, 0.3) is 11.0 Å². The Kier molecular flexibility index (Phi) is 6.27. The molecule has 7 heteroatoms. The number of nitrogens with one attached hydrogen (secondary N) is 1. The minimum Gasteiger partial charge on any atom is -0.373 e. The van der Waals surface area contributed by atoms with Crippen molar-refractivity contribution in [1.82, 2.24) is 14.5 Å². The van der Waals surface area contributed by atoms with E-state index in [2.05, 4.69) is 9.88 Å². The number of piperidine rings is 1. The molecule has 0 amide bonds. The highest BCUT2D eigenvalue weighted by Crippen LogP contribution is 2.34. The third kappa shape index (κ3) is 4.17. The average molecular weight is 432 g/mol. The van der Waals surface area contributed by atoms with Gasteiger partial charge in [-0.05, 0) is 55.0 Å². The molecule has 5 nitrogen and oxygen atoms in total. The van der Waals surface area contributed by atoms with Gasteiger partial charge in [-0.3, -0.25) is 4.57 Å². The lowest BCUT2D eigenvalue weighted by Gasteiger charge is -2.33. The molecule has 2 aliphatic rings. The fourth-order valence-electron chi connectivity index (χ4n) is 4.89. The lowest BCUT2D eigenvalue weighted by atomic mass is 9.98. The fourth-order valence-corrected chi connectivity index (χ4v) is 4.89. The molecule has 5 rings (SSSR count).